The van der Waals surface area contributed by atoms with Crippen molar-refractivity contribution >= 4 is 34.9 Å². The fourth-order valence-electron chi connectivity index (χ4n) is 3.32. The van der Waals surface area contributed by atoms with Crippen LogP contribution in [0.4, 0.5) is 0 Å². The van der Waals surface area contributed by atoms with Crippen molar-refractivity contribution in [2.24, 2.45) is 11.8 Å². The minimum absolute atomic E-state index is 0.00280. The maximum absolute atomic E-state index is 12.3. The van der Waals surface area contributed by atoms with E-state index < -0.39 is 11.6 Å². The lowest BCUT2D eigenvalue weighted by atomic mass is 9.90. The third-order valence-electron chi connectivity index (χ3n) is 5.04. The van der Waals surface area contributed by atoms with Gasteiger partial charge in [0.05, 0.1) is 5.60 Å². The molecule has 154 valence electrons. The molecule has 0 aromatic carbocycles. The minimum atomic E-state index is -1.02. The van der Waals surface area contributed by atoms with Gasteiger partial charge < -0.3 is 10.2 Å². The van der Waals surface area contributed by atoms with Crippen molar-refractivity contribution in [1.29, 1.82) is 0 Å². The van der Waals surface area contributed by atoms with Crippen LogP contribution in [0.25, 0.3) is 0 Å². The molecule has 0 radical (unpaired) electrons. The van der Waals surface area contributed by atoms with Gasteiger partial charge in [-0.2, -0.15) is 0 Å². The SMILES string of the molecule is C=C(C)CC[C@](C)(O)C/C=C/[C@H]1CCC(=O)[C@@H]1CCSc1nc(C(=O)O)cs1. The average Bonchev–Trinajstić information content (AvgIpc) is 3.22. The smallest absolute Gasteiger partial charge is 0.355 e. The molecule has 1 saturated carbocycles. The number of allylic oxidation sites excluding steroid dienone is 2. The van der Waals surface area contributed by atoms with Crippen LogP contribution in [0.3, 0.4) is 0 Å². The second-order valence-corrected chi connectivity index (χ2v) is 10.0. The molecule has 2 rings (SSSR count). The first-order valence-corrected chi connectivity index (χ1v) is 11.4. The predicted molar refractivity (Wildman–Crippen MR) is 114 cm³/mol. The molecule has 3 atom stereocenters. The molecular weight excluding hydrogens is 394 g/mol. The number of ketones is 1. The normalized spacial score (nSPS) is 21.9. The van der Waals surface area contributed by atoms with E-state index in [1.54, 1.807) is 0 Å². The van der Waals surface area contributed by atoms with Gasteiger partial charge in [0.2, 0.25) is 0 Å². The van der Waals surface area contributed by atoms with Gasteiger partial charge in [-0.3, -0.25) is 4.79 Å². The number of rotatable bonds is 11. The van der Waals surface area contributed by atoms with Crippen LogP contribution in [0, 0.1) is 11.8 Å². The molecule has 0 spiro atoms. The number of carbonyl (C=O) groups is 2. The lowest BCUT2D eigenvalue weighted by Crippen LogP contribution is -2.23. The molecule has 5 nitrogen and oxygen atoms in total. The van der Waals surface area contributed by atoms with E-state index in [1.807, 2.05) is 19.9 Å². The topological polar surface area (TPSA) is 87.5 Å². The van der Waals surface area contributed by atoms with Gasteiger partial charge in [0.15, 0.2) is 10.0 Å². The van der Waals surface area contributed by atoms with Gasteiger partial charge in [0.25, 0.3) is 0 Å². The number of carboxylic acid groups (broad SMARTS) is 1. The molecule has 0 amide bonds. The Balaban J connectivity index is 1.82. The molecule has 1 aliphatic carbocycles. The summed E-state index contributed by atoms with van der Waals surface area (Å²) in [5, 5.41) is 20.9. The van der Waals surface area contributed by atoms with E-state index in [1.165, 1.54) is 28.5 Å². The van der Waals surface area contributed by atoms with Crippen LogP contribution in [0.1, 0.15) is 62.9 Å². The van der Waals surface area contributed by atoms with E-state index >= 15 is 0 Å². The molecule has 0 bridgehead atoms. The van der Waals surface area contributed by atoms with E-state index in [-0.39, 0.29) is 17.5 Å². The minimum Gasteiger partial charge on any atom is -0.476 e. The summed E-state index contributed by atoms with van der Waals surface area (Å²) in [5.41, 5.74) is 0.388. The Kier molecular flexibility index (Phi) is 8.46. The van der Waals surface area contributed by atoms with Gasteiger partial charge in [0.1, 0.15) is 5.78 Å². The van der Waals surface area contributed by atoms with Crippen LogP contribution in [-0.4, -0.2) is 38.3 Å². The lowest BCUT2D eigenvalue weighted by Gasteiger charge is -2.22. The van der Waals surface area contributed by atoms with Crippen molar-refractivity contribution in [3.8, 4) is 0 Å². The summed E-state index contributed by atoms with van der Waals surface area (Å²) in [6, 6.07) is 0. The van der Waals surface area contributed by atoms with Crippen molar-refractivity contribution in [3.63, 3.8) is 0 Å². The Hall–Kier alpha value is -1.44. The molecule has 1 aliphatic rings. The zero-order valence-electron chi connectivity index (χ0n) is 16.5. The highest BCUT2D eigenvalue weighted by Gasteiger charge is 2.32. The number of nitrogens with zero attached hydrogens (tertiary/aromatic N) is 1. The van der Waals surface area contributed by atoms with E-state index in [4.69, 9.17) is 5.11 Å². The van der Waals surface area contributed by atoms with Crippen molar-refractivity contribution < 1.29 is 19.8 Å². The van der Waals surface area contributed by atoms with E-state index in [9.17, 15) is 14.7 Å². The lowest BCUT2D eigenvalue weighted by molar-refractivity contribution is -0.121. The van der Waals surface area contributed by atoms with Crippen LogP contribution in [0.2, 0.25) is 0 Å². The highest BCUT2D eigenvalue weighted by molar-refractivity contribution is 8.01. The maximum atomic E-state index is 12.3. The molecule has 1 heterocycles. The number of thioether (sulfide) groups is 1. The number of Topliss-reactive ketones (excluding diaryl/α,β-unsaturated/α-hetero) is 1. The molecule has 1 fully saturated rings. The van der Waals surface area contributed by atoms with Crippen LogP contribution < -0.4 is 0 Å². The van der Waals surface area contributed by atoms with E-state index in [0.29, 0.717) is 25.0 Å². The standard InChI is InChI=1S/C21H29NO4S2/c1-14(2)8-11-21(3,26)10-4-5-15-6-7-18(23)16(15)9-12-27-20-22-17(13-28-20)19(24)25/h4-5,13,15-16,26H,1,6-12H2,2-3H3,(H,24,25)/b5-4+/t15-,16+,21+/m0/s1. The monoisotopic (exact) mass is 423 g/mol. The molecule has 28 heavy (non-hydrogen) atoms. The number of aliphatic hydroxyl groups is 1. The number of aromatic nitrogens is 1. The Bertz CT molecular complexity index is 739. The maximum Gasteiger partial charge on any atom is 0.355 e. The summed E-state index contributed by atoms with van der Waals surface area (Å²) in [5.74, 6) is 0.246. The zero-order chi connectivity index (χ0) is 20.7. The predicted octanol–water partition coefficient (Wildman–Crippen LogP) is 4.97. The van der Waals surface area contributed by atoms with Crippen molar-refractivity contribution in [2.75, 3.05) is 5.75 Å². The number of carbonyl (C=O) groups excluding carboxylic acids is 1. The molecular formula is C21H29NO4S2. The molecule has 1 aromatic heterocycles. The summed E-state index contributed by atoms with van der Waals surface area (Å²) in [6.07, 6.45) is 8.40. The fraction of sp³-hybridized carbons (Fsp3) is 0.571. The van der Waals surface area contributed by atoms with Crippen molar-refractivity contribution in [2.45, 2.75) is 62.3 Å². The molecule has 0 unspecified atom stereocenters. The number of aromatic carboxylic acids is 1. The Labute approximate surface area is 175 Å². The van der Waals surface area contributed by atoms with Crippen LogP contribution in [0.15, 0.2) is 34.0 Å². The van der Waals surface area contributed by atoms with Crippen LogP contribution >= 0.6 is 23.1 Å². The summed E-state index contributed by atoms with van der Waals surface area (Å²) in [6.45, 7) is 7.68. The number of hydrogen-bond donors (Lipinski definition) is 2. The second-order valence-electron chi connectivity index (χ2n) is 7.80. The molecule has 1 aromatic rings. The van der Waals surface area contributed by atoms with Crippen LogP contribution in [0.5, 0.6) is 0 Å². The largest absolute Gasteiger partial charge is 0.476 e. The third-order valence-corrected chi connectivity index (χ3v) is 7.10. The van der Waals surface area contributed by atoms with E-state index in [0.717, 1.165) is 34.9 Å². The molecule has 2 N–H and O–H groups in total. The first-order chi connectivity index (χ1) is 13.2. The second kappa shape index (κ2) is 10.4. The summed E-state index contributed by atoms with van der Waals surface area (Å²) >= 11 is 2.83. The van der Waals surface area contributed by atoms with Gasteiger partial charge >= 0.3 is 5.97 Å². The van der Waals surface area contributed by atoms with Crippen molar-refractivity contribution in [3.05, 3.63) is 35.4 Å². The summed E-state index contributed by atoms with van der Waals surface area (Å²) in [4.78, 5) is 27.2. The van der Waals surface area contributed by atoms with Gasteiger partial charge in [-0.15, -0.1) is 17.9 Å². The van der Waals surface area contributed by atoms with Gasteiger partial charge in [-0.25, -0.2) is 9.78 Å². The number of thiazole rings is 1. The number of carboxylic acids is 1. The highest BCUT2D eigenvalue weighted by Crippen LogP contribution is 2.35. The van der Waals surface area contributed by atoms with E-state index in [2.05, 4.69) is 17.6 Å². The highest BCUT2D eigenvalue weighted by atomic mass is 32.2. The Morgan fingerprint density at radius 3 is 2.93 bits per heavy atom. The average molecular weight is 424 g/mol. The molecule has 0 aliphatic heterocycles. The first-order valence-electron chi connectivity index (χ1n) is 9.56. The number of hydrogen-bond acceptors (Lipinski definition) is 6. The Morgan fingerprint density at radius 2 is 2.29 bits per heavy atom. The fourth-order valence-corrected chi connectivity index (χ4v) is 5.21. The third kappa shape index (κ3) is 7.18. The summed E-state index contributed by atoms with van der Waals surface area (Å²) < 4.78 is 0.725. The van der Waals surface area contributed by atoms with Crippen LogP contribution in [-0.2, 0) is 4.79 Å². The van der Waals surface area contributed by atoms with Gasteiger partial charge in [0, 0.05) is 23.5 Å². The van der Waals surface area contributed by atoms with Gasteiger partial charge in [-0.1, -0.05) is 29.5 Å². The molecule has 7 heteroatoms. The molecule has 0 saturated heterocycles. The Morgan fingerprint density at radius 1 is 1.54 bits per heavy atom. The van der Waals surface area contributed by atoms with Crippen molar-refractivity contribution in [1.82, 2.24) is 4.98 Å². The quantitative estimate of drug-likeness (QED) is 0.386. The van der Waals surface area contributed by atoms with Gasteiger partial charge in [-0.05, 0) is 51.9 Å². The summed E-state index contributed by atoms with van der Waals surface area (Å²) in [7, 11) is 0. The first kappa shape index (κ1) is 22.8. The zero-order valence-corrected chi connectivity index (χ0v) is 18.2.